The van der Waals surface area contributed by atoms with Gasteiger partial charge in [0.05, 0.1) is 17.5 Å². The van der Waals surface area contributed by atoms with E-state index in [9.17, 15) is 29.1 Å². The van der Waals surface area contributed by atoms with Gasteiger partial charge >= 0.3 is 17.9 Å². The lowest BCUT2D eigenvalue weighted by Gasteiger charge is -2.36. The van der Waals surface area contributed by atoms with Gasteiger partial charge in [0, 0.05) is 91.4 Å². The lowest BCUT2D eigenvalue weighted by Crippen LogP contribution is -2.40. The number of aromatic nitrogens is 1. The fourth-order valence-corrected chi connectivity index (χ4v) is 8.57. The largest absolute Gasteiger partial charge is 0.366 e. The average molecular weight is 914 g/mol. The highest BCUT2D eigenvalue weighted by atomic mass is 32.2. The number of carbonyl (C=O) groups is 5. The summed E-state index contributed by atoms with van der Waals surface area (Å²) in [5.41, 5.74) is 4.55. The van der Waals surface area contributed by atoms with E-state index in [1.165, 1.54) is 41.5 Å². The van der Waals surface area contributed by atoms with Crippen LogP contribution in [0.1, 0.15) is 108 Å². The standard InChI is InChI=1S/C47H55N5O10S2/c1-11-50-42-21-16-36(41(48-59-30(4)55)25-44(51(28(2)53)61-32(6)57)34-12-17-37(63-9)18-13-34)24-39(42)40-27-47(8,23-22-43(40)50)46(49-60-31(5)56)26-45(52(29(3)54)62-33(7)58)35-14-19-38(64-10)20-15-35/h12-24,33,44-45,58H,11,25-27H2,1-10H3/b48-41+,49-46+. The fraction of sp³-hybridized carbons (Fsp3) is 0.383. The van der Waals surface area contributed by atoms with Gasteiger partial charge in [0.1, 0.15) is 6.04 Å². The number of oxime groups is 2. The number of carbonyl (C=O) groups excluding carboxylic acids is 5. The Balaban J connectivity index is 1.65. The highest BCUT2D eigenvalue weighted by Crippen LogP contribution is 2.43. The van der Waals surface area contributed by atoms with E-state index in [-0.39, 0.29) is 12.8 Å². The van der Waals surface area contributed by atoms with Crippen LogP contribution >= 0.6 is 23.5 Å². The Morgan fingerprint density at radius 3 is 1.81 bits per heavy atom. The molecule has 1 heterocycles. The quantitative estimate of drug-likeness (QED) is 0.0351. The molecule has 3 aromatic carbocycles. The molecule has 4 atom stereocenters. The first-order chi connectivity index (χ1) is 30.4. The summed E-state index contributed by atoms with van der Waals surface area (Å²) in [6.45, 7) is 12.4. The zero-order valence-corrected chi connectivity index (χ0v) is 39.4. The van der Waals surface area contributed by atoms with Crippen molar-refractivity contribution in [2.45, 2.75) is 109 Å². The van der Waals surface area contributed by atoms with Crippen molar-refractivity contribution in [1.29, 1.82) is 0 Å². The van der Waals surface area contributed by atoms with Crippen molar-refractivity contribution in [3.05, 3.63) is 101 Å². The van der Waals surface area contributed by atoms with Crippen molar-refractivity contribution >= 4 is 81.6 Å². The first-order valence-corrected chi connectivity index (χ1v) is 23.1. The van der Waals surface area contributed by atoms with Crippen LogP contribution in [0.2, 0.25) is 0 Å². The Bertz CT molecular complexity index is 2460. The topological polar surface area (TPSA) is 179 Å². The predicted molar refractivity (Wildman–Crippen MR) is 247 cm³/mol. The molecule has 0 saturated heterocycles. The zero-order chi connectivity index (χ0) is 46.9. The Labute approximate surface area is 381 Å². The Kier molecular flexibility index (Phi) is 16.7. The summed E-state index contributed by atoms with van der Waals surface area (Å²) in [5, 5.41) is 22.1. The van der Waals surface area contributed by atoms with Crippen LogP contribution in [0.25, 0.3) is 17.0 Å². The summed E-state index contributed by atoms with van der Waals surface area (Å²) in [5.74, 6) is -2.95. The molecule has 1 aromatic heterocycles. The third-order valence-electron chi connectivity index (χ3n) is 10.7. The molecule has 4 unspecified atom stereocenters. The molecule has 1 aliphatic rings. The molecule has 0 spiro atoms. The van der Waals surface area contributed by atoms with Crippen molar-refractivity contribution in [1.82, 2.24) is 14.7 Å². The smallest absolute Gasteiger partial charge is 0.331 e. The molecule has 1 aliphatic carbocycles. The van der Waals surface area contributed by atoms with Gasteiger partial charge in [-0.1, -0.05) is 53.6 Å². The molecule has 0 fully saturated rings. The summed E-state index contributed by atoms with van der Waals surface area (Å²) in [6, 6.07) is 19.2. The normalized spacial score (nSPS) is 16.4. The molecule has 5 rings (SSSR count). The van der Waals surface area contributed by atoms with E-state index in [4.69, 9.17) is 19.4 Å². The number of nitrogens with zero attached hydrogens (tertiary/aromatic N) is 5. The number of hydrogen-bond acceptors (Lipinski definition) is 14. The number of amides is 2. The number of aliphatic hydroxyl groups excluding tert-OH is 1. The van der Waals surface area contributed by atoms with Crippen LogP contribution in [0.4, 0.5) is 0 Å². The SMILES string of the molecule is CCn1c2c(c3cc(/C(CC(c4ccc(SC)cc4)N(OC(C)=O)C(C)=O)=N/OC(C)=O)ccc31)CC(C)(/C(CC(c1ccc(SC)cc1)N(OC(C)O)C(C)=O)=N/OC(C)=O)C=C2. The maximum Gasteiger partial charge on any atom is 0.331 e. The Morgan fingerprint density at radius 2 is 1.33 bits per heavy atom. The van der Waals surface area contributed by atoms with Crippen LogP contribution in [0.3, 0.4) is 0 Å². The van der Waals surface area contributed by atoms with E-state index in [2.05, 4.69) is 14.9 Å². The summed E-state index contributed by atoms with van der Waals surface area (Å²) >= 11 is 3.12. The number of fused-ring (bicyclic) bond motifs is 3. The first kappa shape index (κ1) is 49.3. The average Bonchev–Trinajstić information content (AvgIpc) is 3.56. The summed E-state index contributed by atoms with van der Waals surface area (Å²) in [4.78, 5) is 87.0. The van der Waals surface area contributed by atoms with Gasteiger partial charge in [-0.2, -0.15) is 5.06 Å². The molecule has 15 nitrogen and oxygen atoms in total. The number of aliphatic hydroxyl groups is 1. The monoisotopic (exact) mass is 913 g/mol. The fourth-order valence-electron chi connectivity index (χ4n) is 7.76. The number of hydrogen-bond donors (Lipinski definition) is 1. The number of rotatable bonds is 17. The van der Waals surface area contributed by atoms with E-state index >= 15 is 0 Å². The van der Waals surface area contributed by atoms with Crippen molar-refractivity contribution < 1.29 is 48.4 Å². The van der Waals surface area contributed by atoms with Gasteiger partial charge in [-0.25, -0.2) is 19.5 Å². The molecule has 0 aliphatic heterocycles. The molecule has 340 valence electrons. The zero-order valence-electron chi connectivity index (χ0n) is 37.7. The number of hydroxylamine groups is 4. The molecule has 4 aromatic rings. The van der Waals surface area contributed by atoms with Gasteiger partial charge < -0.3 is 24.2 Å². The van der Waals surface area contributed by atoms with E-state index in [0.717, 1.165) is 42.1 Å². The van der Waals surface area contributed by atoms with Gasteiger partial charge in [0.2, 0.25) is 5.91 Å². The third kappa shape index (κ3) is 11.9. The lowest BCUT2D eigenvalue weighted by molar-refractivity contribution is -0.263. The Morgan fingerprint density at radius 1 is 0.781 bits per heavy atom. The van der Waals surface area contributed by atoms with Crippen molar-refractivity contribution in [2.75, 3.05) is 12.5 Å². The van der Waals surface area contributed by atoms with Crippen molar-refractivity contribution in [3.8, 4) is 0 Å². The molecular formula is C47H55N5O10S2. The van der Waals surface area contributed by atoms with Gasteiger partial charge in [0.25, 0.3) is 5.91 Å². The van der Waals surface area contributed by atoms with Crippen LogP contribution < -0.4 is 0 Å². The summed E-state index contributed by atoms with van der Waals surface area (Å²) < 4.78 is 2.18. The van der Waals surface area contributed by atoms with Crippen LogP contribution in [-0.2, 0) is 56.3 Å². The molecular weight excluding hydrogens is 859 g/mol. The van der Waals surface area contributed by atoms with Crippen LogP contribution in [0.5, 0.6) is 0 Å². The second-order valence-corrected chi connectivity index (χ2v) is 17.2. The van der Waals surface area contributed by atoms with Gasteiger partial charge in [-0.15, -0.1) is 23.5 Å². The number of aryl methyl sites for hydroxylation is 1. The van der Waals surface area contributed by atoms with Gasteiger partial charge in [0.15, 0.2) is 6.29 Å². The number of allylic oxidation sites excluding steroid dienone is 1. The molecule has 0 bridgehead atoms. The number of benzene rings is 3. The van der Waals surface area contributed by atoms with E-state index in [1.807, 2.05) is 105 Å². The first-order valence-electron chi connectivity index (χ1n) is 20.6. The maximum absolute atomic E-state index is 13.2. The second kappa shape index (κ2) is 21.8. The summed E-state index contributed by atoms with van der Waals surface area (Å²) in [7, 11) is 0. The summed E-state index contributed by atoms with van der Waals surface area (Å²) in [6.07, 6.45) is 7.02. The van der Waals surface area contributed by atoms with Crippen molar-refractivity contribution in [2.24, 2.45) is 15.7 Å². The number of thioether (sulfide) groups is 2. The molecule has 1 N–H and O–H groups in total. The second-order valence-electron chi connectivity index (χ2n) is 15.5. The van der Waals surface area contributed by atoms with Crippen molar-refractivity contribution in [3.63, 3.8) is 0 Å². The van der Waals surface area contributed by atoms with E-state index in [1.54, 1.807) is 23.5 Å². The van der Waals surface area contributed by atoms with Gasteiger partial charge in [-0.05, 0) is 91.9 Å². The third-order valence-corrected chi connectivity index (χ3v) is 12.2. The van der Waals surface area contributed by atoms with Crippen LogP contribution in [0.15, 0.2) is 92.9 Å². The lowest BCUT2D eigenvalue weighted by atomic mass is 9.73. The minimum Gasteiger partial charge on any atom is -0.366 e. The Hall–Kier alpha value is -5.75. The van der Waals surface area contributed by atoms with Gasteiger partial charge in [-0.3, -0.25) is 14.4 Å². The maximum atomic E-state index is 13.2. The highest BCUT2D eigenvalue weighted by Gasteiger charge is 2.39. The molecule has 17 heteroatoms. The van der Waals surface area contributed by atoms with Crippen LogP contribution in [0, 0.1) is 5.41 Å². The van der Waals surface area contributed by atoms with E-state index in [0.29, 0.717) is 41.1 Å². The molecule has 0 radical (unpaired) electrons. The van der Waals surface area contributed by atoms with E-state index < -0.39 is 53.5 Å². The van der Waals surface area contributed by atoms with Crippen LogP contribution in [-0.4, -0.2) is 79.7 Å². The molecule has 2 amide bonds. The highest BCUT2D eigenvalue weighted by molar-refractivity contribution is 7.98. The minimum absolute atomic E-state index is 0.0156. The molecule has 64 heavy (non-hydrogen) atoms. The predicted octanol–water partition coefficient (Wildman–Crippen LogP) is 8.57. The molecule has 0 saturated carbocycles. The minimum atomic E-state index is -1.31.